The van der Waals surface area contributed by atoms with E-state index in [1.165, 1.54) is 32.4 Å². The number of carbonyl (C=O) groups is 1. The Morgan fingerprint density at radius 1 is 1.38 bits per heavy atom. The summed E-state index contributed by atoms with van der Waals surface area (Å²) in [6.45, 7) is 5.45. The van der Waals surface area contributed by atoms with Gasteiger partial charge in [0.05, 0.1) is 0 Å². The molecule has 5 heteroatoms. The second kappa shape index (κ2) is 6.46. The number of hydrogen-bond donors (Lipinski definition) is 2. The summed E-state index contributed by atoms with van der Waals surface area (Å²) in [6, 6.07) is 6.17. The summed E-state index contributed by atoms with van der Waals surface area (Å²) < 4.78 is 1.01. The fourth-order valence-electron chi connectivity index (χ4n) is 3.21. The van der Waals surface area contributed by atoms with Gasteiger partial charge in [-0.3, -0.25) is 9.69 Å². The minimum absolute atomic E-state index is 0.0499. The number of benzene rings is 1. The molecule has 4 nitrogen and oxygen atoms in total. The first-order valence-corrected chi connectivity index (χ1v) is 8.52. The quantitative estimate of drug-likeness (QED) is 0.876. The highest BCUT2D eigenvalue weighted by Crippen LogP contribution is 2.33. The van der Waals surface area contributed by atoms with Gasteiger partial charge in [-0.1, -0.05) is 22.4 Å². The van der Waals surface area contributed by atoms with Gasteiger partial charge in [-0.15, -0.1) is 0 Å². The molecule has 1 saturated heterocycles. The van der Waals surface area contributed by atoms with Gasteiger partial charge in [-0.05, 0) is 51.1 Å². The van der Waals surface area contributed by atoms with E-state index < -0.39 is 0 Å². The molecule has 0 saturated carbocycles. The van der Waals surface area contributed by atoms with Gasteiger partial charge in [0.2, 0.25) is 5.91 Å². The number of anilines is 1. The fourth-order valence-corrected chi connectivity index (χ4v) is 3.59. The normalized spacial score (nSPS) is 23.7. The molecule has 2 unspecified atom stereocenters. The monoisotopic (exact) mass is 351 g/mol. The van der Waals surface area contributed by atoms with Crippen molar-refractivity contribution in [3.63, 3.8) is 0 Å². The summed E-state index contributed by atoms with van der Waals surface area (Å²) in [5.41, 5.74) is 1.96. The second-order valence-electron chi connectivity index (χ2n) is 6.01. The third-order valence-electron chi connectivity index (χ3n) is 4.48. The number of fused-ring (bicyclic) bond motifs is 1. The first kappa shape index (κ1) is 15.0. The molecule has 2 atom stereocenters. The Kier molecular flexibility index (Phi) is 4.62. The van der Waals surface area contributed by atoms with Crippen molar-refractivity contribution in [1.29, 1.82) is 0 Å². The van der Waals surface area contributed by atoms with Crippen LogP contribution < -0.4 is 10.6 Å². The van der Waals surface area contributed by atoms with E-state index >= 15 is 0 Å². The van der Waals surface area contributed by atoms with E-state index in [9.17, 15) is 4.79 Å². The van der Waals surface area contributed by atoms with Gasteiger partial charge in [0, 0.05) is 28.3 Å². The van der Waals surface area contributed by atoms with Gasteiger partial charge in [0.15, 0.2) is 0 Å². The maximum Gasteiger partial charge on any atom is 0.246 e. The van der Waals surface area contributed by atoms with Crippen LogP contribution in [-0.4, -0.2) is 36.5 Å². The summed E-state index contributed by atoms with van der Waals surface area (Å²) in [7, 11) is 0. The van der Waals surface area contributed by atoms with Crippen LogP contribution in [-0.2, 0) is 4.79 Å². The van der Waals surface area contributed by atoms with E-state index in [-0.39, 0.29) is 11.9 Å². The van der Waals surface area contributed by atoms with Crippen LogP contribution in [0.3, 0.4) is 0 Å². The van der Waals surface area contributed by atoms with E-state index in [0.717, 1.165) is 22.3 Å². The lowest BCUT2D eigenvalue weighted by molar-refractivity contribution is -0.117. The van der Waals surface area contributed by atoms with E-state index in [2.05, 4.69) is 38.4 Å². The Bertz CT molecular complexity index is 528. The molecule has 0 aliphatic carbocycles. The molecule has 2 aliphatic heterocycles. The second-order valence-corrected chi connectivity index (χ2v) is 6.92. The van der Waals surface area contributed by atoms with Crippen molar-refractivity contribution in [2.45, 2.75) is 38.3 Å². The lowest BCUT2D eigenvalue weighted by Crippen LogP contribution is -2.44. The van der Waals surface area contributed by atoms with Crippen LogP contribution in [0.25, 0.3) is 0 Å². The maximum absolute atomic E-state index is 12.1. The van der Waals surface area contributed by atoms with Crippen molar-refractivity contribution in [3.05, 3.63) is 28.2 Å². The van der Waals surface area contributed by atoms with Gasteiger partial charge in [0.1, 0.15) is 6.04 Å². The van der Waals surface area contributed by atoms with Crippen LogP contribution in [0.15, 0.2) is 22.7 Å². The smallest absolute Gasteiger partial charge is 0.246 e. The standard InChI is InChI=1S/C16H22BrN3O/c1-11(20-7-3-2-4-8-20)10-18-15-13-9-12(17)5-6-14(13)19-16(15)21/h5-6,9,11,15,18H,2-4,7-8,10H2,1H3,(H,19,21). The molecule has 0 spiro atoms. The van der Waals surface area contributed by atoms with Crippen molar-refractivity contribution in [1.82, 2.24) is 10.2 Å². The van der Waals surface area contributed by atoms with Crippen LogP contribution in [0.5, 0.6) is 0 Å². The molecule has 1 aromatic carbocycles. The number of likely N-dealkylation sites (tertiary alicyclic amines) is 1. The van der Waals surface area contributed by atoms with Crippen molar-refractivity contribution in [3.8, 4) is 0 Å². The molecule has 114 valence electrons. The van der Waals surface area contributed by atoms with Gasteiger partial charge >= 0.3 is 0 Å². The predicted molar refractivity (Wildman–Crippen MR) is 88.4 cm³/mol. The van der Waals surface area contributed by atoms with Crippen LogP contribution in [0.2, 0.25) is 0 Å². The molecule has 21 heavy (non-hydrogen) atoms. The topological polar surface area (TPSA) is 44.4 Å². The van der Waals surface area contributed by atoms with E-state index in [1.54, 1.807) is 0 Å². The van der Waals surface area contributed by atoms with Crippen LogP contribution in [0.4, 0.5) is 5.69 Å². The Morgan fingerprint density at radius 2 is 2.14 bits per heavy atom. The first-order chi connectivity index (χ1) is 10.1. The van der Waals surface area contributed by atoms with Gasteiger partial charge in [0.25, 0.3) is 0 Å². The minimum atomic E-state index is -0.232. The Labute approximate surface area is 134 Å². The molecule has 0 radical (unpaired) electrons. The highest BCUT2D eigenvalue weighted by atomic mass is 79.9. The molecule has 1 aromatic rings. The maximum atomic E-state index is 12.1. The largest absolute Gasteiger partial charge is 0.324 e. The van der Waals surface area contributed by atoms with Crippen molar-refractivity contribution >= 4 is 27.5 Å². The fraction of sp³-hybridized carbons (Fsp3) is 0.562. The van der Waals surface area contributed by atoms with Crippen molar-refractivity contribution in [2.24, 2.45) is 0 Å². The lowest BCUT2D eigenvalue weighted by Gasteiger charge is -2.33. The summed E-state index contributed by atoms with van der Waals surface area (Å²) in [4.78, 5) is 14.6. The zero-order valence-electron chi connectivity index (χ0n) is 12.4. The molecular weight excluding hydrogens is 330 g/mol. The molecule has 0 bridgehead atoms. The van der Waals surface area contributed by atoms with E-state index in [1.807, 2.05) is 18.2 Å². The molecular formula is C16H22BrN3O. The first-order valence-electron chi connectivity index (χ1n) is 7.73. The molecule has 2 aliphatic rings. The highest BCUT2D eigenvalue weighted by Gasteiger charge is 2.31. The number of carbonyl (C=O) groups excluding carboxylic acids is 1. The van der Waals surface area contributed by atoms with Gasteiger partial charge in [-0.2, -0.15) is 0 Å². The van der Waals surface area contributed by atoms with E-state index in [4.69, 9.17) is 0 Å². The molecule has 2 heterocycles. The zero-order valence-corrected chi connectivity index (χ0v) is 13.9. The number of rotatable bonds is 4. The number of hydrogen-bond acceptors (Lipinski definition) is 3. The van der Waals surface area contributed by atoms with E-state index in [0.29, 0.717) is 6.04 Å². The highest BCUT2D eigenvalue weighted by molar-refractivity contribution is 9.10. The Morgan fingerprint density at radius 3 is 2.90 bits per heavy atom. The Hall–Kier alpha value is -0.910. The minimum Gasteiger partial charge on any atom is -0.324 e. The van der Waals surface area contributed by atoms with Gasteiger partial charge in [-0.25, -0.2) is 0 Å². The molecule has 1 fully saturated rings. The molecule has 2 N–H and O–H groups in total. The average molecular weight is 352 g/mol. The molecule has 0 aromatic heterocycles. The average Bonchev–Trinajstić information content (AvgIpc) is 2.80. The summed E-state index contributed by atoms with van der Waals surface area (Å²) in [5, 5.41) is 6.38. The number of nitrogens with one attached hydrogen (secondary N) is 2. The van der Waals surface area contributed by atoms with Gasteiger partial charge < -0.3 is 10.6 Å². The predicted octanol–water partition coefficient (Wildman–Crippen LogP) is 2.91. The van der Waals surface area contributed by atoms with Crippen molar-refractivity contribution < 1.29 is 4.79 Å². The number of nitrogens with zero attached hydrogens (tertiary/aromatic N) is 1. The third-order valence-corrected chi connectivity index (χ3v) is 4.97. The van der Waals surface area contributed by atoms with Crippen LogP contribution in [0.1, 0.15) is 37.8 Å². The van der Waals surface area contributed by atoms with Crippen LogP contribution >= 0.6 is 15.9 Å². The zero-order chi connectivity index (χ0) is 14.8. The molecule has 3 rings (SSSR count). The molecule has 1 amide bonds. The third kappa shape index (κ3) is 3.30. The summed E-state index contributed by atoms with van der Waals surface area (Å²) in [5.74, 6) is 0.0499. The van der Waals surface area contributed by atoms with Crippen molar-refractivity contribution in [2.75, 3.05) is 25.0 Å². The number of piperidine rings is 1. The number of halogens is 1. The Balaban J connectivity index is 1.63. The number of amides is 1. The lowest BCUT2D eigenvalue weighted by atomic mass is 10.1. The van der Waals surface area contributed by atoms with Crippen LogP contribution in [0, 0.1) is 0 Å². The SMILES string of the molecule is CC(CNC1C(=O)Nc2ccc(Br)cc21)N1CCCCC1. The summed E-state index contributed by atoms with van der Waals surface area (Å²) in [6.07, 6.45) is 3.94. The summed E-state index contributed by atoms with van der Waals surface area (Å²) >= 11 is 3.48.